The minimum atomic E-state index is -0.592. The minimum absolute atomic E-state index is 0.145. The molecule has 124 valence electrons. The molecule has 0 saturated heterocycles. The van der Waals surface area contributed by atoms with Gasteiger partial charge >= 0.3 is 5.91 Å². The van der Waals surface area contributed by atoms with Gasteiger partial charge in [-0.05, 0) is 36.8 Å². The van der Waals surface area contributed by atoms with Crippen molar-refractivity contribution in [3.8, 4) is 17.7 Å². The van der Waals surface area contributed by atoms with Crippen LogP contribution in [0.2, 0.25) is 0 Å². The van der Waals surface area contributed by atoms with Crippen LogP contribution in [0.25, 0.3) is 10.9 Å². The van der Waals surface area contributed by atoms with Gasteiger partial charge in [-0.2, -0.15) is 5.26 Å². The molecule has 0 spiro atoms. The molecule has 1 aromatic heterocycles. The number of hydrogen-bond acceptors (Lipinski definition) is 5. The number of benzene rings is 2. The number of ether oxygens (including phenoxy) is 1. The van der Waals surface area contributed by atoms with Crippen LogP contribution >= 0.6 is 0 Å². The second kappa shape index (κ2) is 6.84. The summed E-state index contributed by atoms with van der Waals surface area (Å²) in [5.74, 6) is -0.285. The molecule has 3 rings (SSSR count). The molecule has 0 saturated carbocycles. The fraction of sp³-hybridized carbons (Fsp3) is 0.111. The summed E-state index contributed by atoms with van der Waals surface area (Å²) < 4.78 is 5.29. The molecule has 0 aliphatic rings. The summed E-state index contributed by atoms with van der Waals surface area (Å²) in [7, 11) is 0. The van der Waals surface area contributed by atoms with Gasteiger partial charge in [0.25, 0.3) is 0 Å². The van der Waals surface area contributed by atoms with Crippen molar-refractivity contribution >= 4 is 22.5 Å². The fourth-order valence-corrected chi connectivity index (χ4v) is 2.34. The molecule has 2 aromatic carbocycles. The van der Waals surface area contributed by atoms with Crippen molar-refractivity contribution in [1.82, 2.24) is 4.98 Å². The van der Waals surface area contributed by atoms with Crippen LogP contribution < -0.4 is 4.74 Å². The van der Waals surface area contributed by atoms with Crippen molar-refractivity contribution in [3.05, 3.63) is 53.6 Å². The number of hydrogen-bond donors (Lipinski definition) is 2. The molecule has 0 atom stereocenters. The van der Waals surface area contributed by atoms with Crippen molar-refractivity contribution in [2.45, 2.75) is 6.92 Å². The van der Waals surface area contributed by atoms with Crippen molar-refractivity contribution in [2.75, 3.05) is 6.61 Å². The zero-order chi connectivity index (χ0) is 17.8. The Kier molecular flexibility index (Phi) is 4.44. The largest absolute Gasteiger partial charge is 0.493 e. The minimum Gasteiger partial charge on any atom is -0.493 e. The van der Waals surface area contributed by atoms with Gasteiger partial charge in [0.2, 0.25) is 5.88 Å². The second-order valence-electron chi connectivity index (χ2n) is 5.34. The Morgan fingerprint density at radius 2 is 2.04 bits per heavy atom. The van der Waals surface area contributed by atoms with Crippen LogP contribution in [-0.4, -0.2) is 22.6 Å². The van der Waals surface area contributed by atoms with Crippen LogP contribution in [0.15, 0.2) is 52.7 Å². The number of aryl methyl sites for hydroxylation is 1. The first-order valence-corrected chi connectivity index (χ1v) is 7.46. The third kappa shape index (κ3) is 3.48. The first-order chi connectivity index (χ1) is 12.1. The Morgan fingerprint density at radius 3 is 2.76 bits per heavy atom. The maximum absolute atomic E-state index is 11.8. The Balaban J connectivity index is 1.69. The van der Waals surface area contributed by atoms with Gasteiger partial charge in [0.15, 0.2) is 12.3 Å². The van der Waals surface area contributed by atoms with Gasteiger partial charge in [0.05, 0.1) is 17.1 Å². The average molecular weight is 334 g/mol. The Labute approximate surface area is 143 Å². The zero-order valence-electron chi connectivity index (χ0n) is 13.4. The van der Waals surface area contributed by atoms with Crippen LogP contribution in [0, 0.1) is 18.3 Å². The van der Waals surface area contributed by atoms with Crippen molar-refractivity contribution in [1.29, 1.82) is 5.26 Å². The molecular weight excluding hydrogens is 320 g/mol. The van der Waals surface area contributed by atoms with E-state index in [9.17, 15) is 9.90 Å². The standard InChI is InChI=1S/C18H14N4O3/c1-11-3-2-4-14-16(11)20-18(24)17(14)22-21-15(23)10-25-13-7-5-12(9-19)6-8-13/h2-8,20,24H,10H2,1H3. The topological polar surface area (TPSA) is 111 Å². The number of carbonyl (C=O) groups is 1. The number of nitriles is 1. The molecule has 0 unspecified atom stereocenters. The number of fused-ring (bicyclic) bond motifs is 1. The van der Waals surface area contributed by atoms with Gasteiger partial charge in [0.1, 0.15) is 5.75 Å². The molecule has 0 radical (unpaired) electrons. The van der Waals surface area contributed by atoms with E-state index >= 15 is 0 Å². The Bertz CT molecular complexity index is 998. The van der Waals surface area contributed by atoms with Crippen molar-refractivity contribution in [3.63, 3.8) is 0 Å². The summed E-state index contributed by atoms with van der Waals surface area (Å²) >= 11 is 0. The highest BCUT2D eigenvalue weighted by molar-refractivity contribution is 5.96. The maximum Gasteiger partial charge on any atom is 0.302 e. The quantitative estimate of drug-likeness (QED) is 0.708. The van der Waals surface area contributed by atoms with Gasteiger partial charge in [-0.3, -0.25) is 4.79 Å². The number of amides is 1. The lowest BCUT2D eigenvalue weighted by atomic mass is 10.1. The lowest BCUT2D eigenvalue weighted by molar-refractivity contribution is -0.120. The molecule has 25 heavy (non-hydrogen) atoms. The summed E-state index contributed by atoms with van der Waals surface area (Å²) in [5.41, 5.74) is 2.41. The number of aromatic nitrogens is 1. The van der Waals surface area contributed by atoms with Gasteiger partial charge in [0, 0.05) is 5.39 Å². The van der Waals surface area contributed by atoms with E-state index in [-0.39, 0.29) is 18.2 Å². The number of aromatic amines is 1. The van der Waals surface area contributed by atoms with Gasteiger partial charge < -0.3 is 14.8 Å². The Morgan fingerprint density at radius 1 is 1.28 bits per heavy atom. The highest BCUT2D eigenvalue weighted by atomic mass is 16.5. The first-order valence-electron chi connectivity index (χ1n) is 7.46. The van der Waals surface area contributed by atoms with Crippen molar-refractivity contribution < 1.29 is 14.6 Å². The molecule has 7 heteroatoms. The molecule has 7 nitrogen and oxygen atoms in total. The van der Waals surface area contributed by atoms with Crippen LogP contribution in [0.4, 0.5) is 5.69 Å². The molecule has 2 N–H and O–H groups in total. The Hall–Kier alpha value is -3.66. The van der Waals surface area contributed by atoms with Crippen LogP contribution in [0.5, 0.6) is 11.6 Å². The van der Waals surface area contributed by atoms with Gasteiger partial charge in [-0.15, -0.1) is 10.2 Å². The van der Waals surface area contributed by atoms with E-state index in [2.05, 4.69) is 15.2 Å². The molecular formula is C18H14N4O3. The highest BCUT2D eigenvalue weighted by Crippen LogP contribution is 2.36. The fourth-order valence-electron chi connectivity index (χ4n) is 2.34. The van der Waals surface area contributed by atoms with E-state index < -0.39 is 5.91 Å². The summed E-state index contributed by atoms with van der Waals surface area (Å²) in [6, 6.07) is 13.9. The summed E-state index contributed by atoms with van der Waals surface area (Å²) in [4.78, 5) is 14.6. The summed E-state index contributed by atoms with van der Waals surface area (Å²) in [5, 5.41) is 26.8. The predicted octanol–water partition coefficient (Wildman–Crippen LogP) is 3.74. The summed E-state index contributed by atoms with van der Waals surface area (Å²) in [6.07, 6.45) is 0. The van der Waals surface area contributed by atoms with E-state index in [1.807, 2.05) is 25.1 Å². The first kappa shape index (κ1) is 16.2. The third-order valence-electron chi connectivity index (χ3n) is 3.60. The van der Waals surface area contributed by atoms with Gasteiger partial charge in [-0.25, -0.2) is 0 Å². The predicted molar refractivity (Wildman–Crippen MR) is 90.9 cm³/mol. The lowest BCUT2D eigenvalue weighted by Gasteiger charge is -2.02. The number of aromatic hydroxyl groups is 1. The number of nitrogens with zero attached hydrogens (tertiary/aromatic N) is 3. The van der Waals surface area contributed by atoms with Crippen LogP contribution in [0.1, 0.15) is 11.1 Å². The smallest absolute Gasteiger partial charge is 0.302 e. The maximum atomic E-state index is 11.8. The monoisotopic (exact) mass is 334 g/mol. The van der Waals surface area contributed by atoms with Crippen LogP contribution in [0.3, 0.4) is 0 Å². The lowest BCUT2D eigenvalue weighted by Crippen LogP contribution is -2.07. The number of carbonyl (C=O) groups excluding carboxylic acids is 1. The van der Waals surface area contributed by atoms with E-state index in [0.717, 1.165) is 11.1 Å². The number of para-hydroxylation sites is 1. The van der Waals surface area contributed by atoms with Gasteiger partial charge in [-0.1, -0.05) is 18.2 Å². The zero-order valence-corrected chi connectivity index (χ0v) is 13.4. The third-order valence-corrected chi connectivity index (χ3v) is 3.60. The number of H-pyrrole nitrogens is 1. The van der Waals surface area contributed by atoms with E-state index in [4.69, 9.17) is 10.00 Å². The molecule has 0 fully saturated rings. The number of rotatable bonds is 4. The number of azo groups is 1. The van der Waals surface area contributed by atoms with E-state index in [1.54, 1.807) is 30.3 Å². The normalized spacial score (nSPS) is 10.9. The number of nitrogens with one attached hydrogen (secondary N) is 1. The summed E-state index contributed by atoms with van der Waals surface area (Å²) in [6.45, 7) is 1.60. The molecule has 1 amide bonds. The molecule has 1 heterocycles. The molecule has 0 aliphatic heterocycles. The van der Waals surface area contributed by atoms with E-state index in [0.29, 0.717) is 16.7 Å². The SMILES string of the molecule is Cc1cccc2c(N=NC(=O)COc3ccc(C#N)cc3)c(O)[nH]c12. The molecule has 0 bridgehead atoms. The highest BCUT2D eigenvalue weighted by Gasteiger charge is 2.12. The molecule has 0 aliphatic carbocycles. The van der Waals surface area contributed by atoms with E-state index in [1.165, 1.54) is 0 Å². The molecule has 3 aromatic rings. The van der Waals surface area contributed by atoms with Crippen LogP contribution in [-0.2, 0) is 4.79 Å². The average Bonchev–Trinajstić information content (AvgIpc) is 2.95. The van der Waals surface area contributed by atoms with Crippen molar-refractivity contribution in [2.24, 2.45) is 10.2 Å². The second-order valence-corrected chi connectivity index (χ2v) is 5.34.